The van der Waals surface area contributed by atoms with Gasteiger partial charge in [-0.2, -0.15) is 9.40 Å². The maximum Gasteiger partial charge on any atom is 0.246 e. The molecule has 2 heterocycles. The molecule has 0 spiro atoms. The van der Waals surface area contributed by atoms with Crippen molar-refractivity contribution in [3.63, 3.8) is 0 Å². The number of aromatic nitrogens is 2. The van der Waals surface area contributed by atoms with Gasteiger partial charge in [0.05, 0.1) is 11.9 Å². The van der Waals surface area contributed by atoms with E-state index in [-0.39, 0.29) is 4.90 Å². The SMILES string of the molecule is Cc1ccsc1CN(C)S(=O)(=O)c1cn[nH]c1C. The minimum absolute atomic E-state index is 0.235. The summed E-state index contributed by atoms with van der Waals surface area (Å²) in [6, 6.07) is 1.99. The Labute approximate surface area is 111 Å². The lowest BCUT2D eigenvalue weighted by Crippen LogP contribution is -2.26. The van der Waals surface area contributed by atoms with Crippen molar-refractivity contribution in [1.29, 1.82) is 0 Å². The molecule has 0 radical (unpaired) electrons. The fourth-order valence-electron chi connectivity index (χ4n) is 1.62. The van der Waals surface area contributed by atoms with E-state index in [9.17, 15) is 8.42 Å². The highest BCUT2D eigenvalue weighted by Gasteiger charge is 2.24. The van der Waals surface area contributed by atoms with E-state index in [0.29, 0.717) is 12.2 Å². The molecule has 1 N–H and O–H groups in total. The fourth-order valence-corrected chi connectivity index (χ4v) is 3.91. The van der Waals surface area contributed by atoms with Crippen molar-refractivity contribution in [3.05, 3.63) is 33.8 Å². The van der Waals surface area contributed by atoms with Crippen molar-refractivity contribution in [2.45, 2.75) is 25.3 Å². The van der Waals surface area contributed by atoms with Gasteiger partial charge in [0.25, 0.3) is 0 Å². The normalized spacial score (nSPS) is 12.2. The molecular formula is C11H15N3O2S2. The molecule has 2 aromatic rings. The largest absolute Gasteiger partial charge is 0.281 e. The van der Waals surface area contributed by atoms with E-state index in [1.54, 1.807) is 25.3 Å². The Morgan fingerprint density at radius 3 is 2.67 bits per heavy atom. The van der Waals surface area contributed by atoms with Gasteiger partial charge in [0, 0.05) is 18.5 Å². The lowest BCUT2D eigenvalue weighted by Gasteiger charge is -2.16. The van der Waals surface area contributed by atoms with E-state index in [1.807, 2.05) is 18.4 Å². The monoisotopic (exact) mass is 285 g/mol. The highest BCUT2D eigenvalue weighted by Crippen LogP contribution is 2.22. The number of hydrogen-bond donors (Lipinski definition) is 1. The average Bonchev–Trinajstić information content (AvgIpc) is 2.88. The molecule has 0 fully saturated rings. The predicted octanol–water partition coefficient (Wildman–Crippen LogP) is 1.91. The van der Waals surface area contributed by atoms with Crippen LogP contribution < -0.4 is 0 Å². The molecule has 0 aliphatic carbocycles. The van der Waals surface area contributed by atoms with Crippen LogP contribution in [-0.4, -0.2) is 30.0 Å². The number of nitrogens with zero attached hydrogens (tertiary/aromatic N) is 2. The Kier molecular flexibility index (Phi) is 3.56. The lowest BCUT2D eigenvalue weighted by molar-refractivity contribution is 0.468. The summed E-state index contributed by atoms with van der Waals surface area (Å²) in [4.78, 5) is 1.29. The van der Waals surface area contributed by atoms with Crippen LogP contribution in [0.25, 0.3) is 0 Å². The third kappa shape index (κ3) is 2.33. The van der Waals surface area contributed by atoms with Gasteiger partial charge in [0.1, 0.15) is 4.90 Å². The first-order chi connectivity index (χ1) is 8.43. The van der Waals surface area contributed by atoms with Gasteiger partial charge >= 0.3 is 0 Å². The van der Waals surface area contributed by atoms with Gasteiger partial charge in [0.15, 0.2) is 0 Å². The molecule has 0 aliphatic heterocycles. The molecule has 5 nitrogen and oxygen atoms in total. The maximum atomic E-state index is 12.3. The minimum Gasteiger partial charge on any atom is -0.281 e. The standard InChI is InChI=1S/C11H15N3O2S2/c1-8-4-5-17-10(8)7-14(3)18(15,16)11-6-12-13-9(11)2/h4-6H,7H2,1-3H3,(H,12,13). The Morgan fingerprint density at radius 2 is 2.17 bits per heavy atom. The second-order valence-electron chi connectivity index (χ2n) is 4.15. The van der Waals surface area contributed by atoms with Gasteiger partial charge in [-0.25, -0.2) is 8.42 Å². The Bertz CT molecular complexity index is 643. The maximum absolute atomic E-state index is 12.3. The highest BCUT2D eigenvalue weighted by atomic mass is 32.2. The number of hydrogen-bond acceptors (Lipinski definition) is 4. The average molecular weight is 285 g/mol. The van der Waals surface area contributed by atoms with Gasteiger partial charge in [-0.05, 0) is 30.9 Å². The second kappa shape index (κ2) is 4.83. The number of rotatable bonds is 4. The van der Waals surface area contributed by atoms with E-state index in [4.69, 9.17) is 0 Å². The van der Waals surface area contributed by atoms with E-state index < -0.39 is 10.0 Å². The zero-order chi connectivity index (χ0) is 13.3. The Balaban J connectivity index is 2.27. The van der Waals surface area contributed by atoms with Crippen molar-refractivity contribution in [2.75, 3.05) is 7.05 Å². The molecule has 18 heavy (non-hydrogen) atoms. The van der Waals surface area contributed by atoms with Crippen molar-refractivity contribution >= 4 is 21.4 Å². The summed E-state index contributed by atoms with van der Waals surface area (Å²) >= 11 is 1.57. The Hall–Kier alpha value is -1.18. The highest BCUT2D eigenvalue weighted by molar-refractivity contribution is 7.89. The zero-order valence-electron chi connectivity index (χ0n) is 10.5. The third-order valence-electron chi connectivity index (χ3n) is 2.81. The van der Waals surface area contributed by atoms with Crippen LogP contribution in [0.5, 0.6) is 0 Å². The van der Waals surface area contributed by atoms with Crippen molar-refractivity contribution in [3.8, 4) is 0 Å². The van der Waals surface area contributed by atoms with Crippen LogP contribution in [-0.2, 0) is 16.6 Å². The molecule has 0 aliphatic rings. The van der Waals surface area contributed by atoms with Crippen LogP contribution in [0.3, 0.4) is 0 Å². The molecule has 0 saturated heterocycles. The summed E-state index contributed by atoms with van der Waals surface area (Å²) in [5.74, 6) is 0. The number of nitrogens with one attached hydrogen (secondary N) is 1. The van der Waals surface area contributed by atoms with Gasteiger partial charge in [-0.15, -0.1) is 11.3 Å². The van der Waals surface area contributed by atoms with E-state index in [1.165, 1.54) is 10.5 Å². The molecule has 7 heteroatoms. The van der Waals surface area contributed by atoms with Gasteiger partial charge < -0.3 is 0 Å². The summed E-state index contributed by atoms with van der Waals surface area (Å²) in [5, 5.41) is 8.37. The first-order valence-electron chi connectivity index (χ1n) is 5.42. The van der Waals surface area contributed by atoms with Gasteiger partial charge in [-0.1, -0.05) is 0 Å². The van der Waals surface area contributed by atoms with Crippen LogP contribution in [0.15, 0.2) is 22.5 Å². The summed E-state index contributed by atoms with van der Waals surface area (Å²) in [7, 11) is -1.89. The predicted molar refractivity (Wildman–Crippen MR) is 71.0 cm³/mol. The molecule has 0 atom stereocenters. The van der Waals surface area contributed by atoms with Gasteiger partial charge in [-0.3, -0.25) is 5.10 Å². The quantitative estimate of drug-likeness (QED) is 0.933. The zero-order valence-corrected chi connectivity index (χ0v) is 12.1. The van der Waals surface area contributed by atoms with E-state index in [0.717, 1.165) is 10.4 Å². The summed E-state index contributed by atoms with van der Waals surface area (Å²) in [6.07, 6.45) is 1.35. The minimum atomic E-state index is -3.47. The molecule has 2 rings (SSSR count). The summed E-state index contributed by atoms with van der Waals surface area (Å²) < 4.78 is 26.0. The molecular weight excluding hydrogens is 270 g/mol. The summed E-state index contributed by atoms with van der Waals surface area (Å²) in [5.41, 5.74) is 1.68. The summed E-state index contributed by atoms with van der Waals surface area (Å²) in [6.45, 7) is 4.07. The lowest BCUT2D eigenvalue weighted by atomic mass is 10.3. The van der Waals surface area contributed by atoms with E-state index >= 15 is 0 Å². The van der Waals surface area contributed by atoms with Crippen molar-refractivity contribution in [1.82, 2.24) is 14.5 Å². The number of thiophene rings is 1. The first kappa shape index (κ1) is 13.3. The van der Waals surface area contributed by atoms with Crippen molar-refractivity contribution in [2.24, 2.45) is 0 Å². The molecule has 0 bridgehead atoms. The first-order valence-corrected chi connectivity index (χ1v) is 7.74. The topological polar surface area (TPSA) is 66.1 Å². The van der Waals surface area contributed by atoms with Crippen molar-refractivity contribution < 1.29 is 8.42 Å². The molecule has 98 valence electrons. The van der Waals surface area contributed by atoms with Crippen LogP contribution >= 0.6 is 11.3 Å². The molecule has 0 amide bonds. The van der Waals surface area contributed by atoms with E-state index in [2.05, 4.69) is 10.2 Å². The van der Waals surface area contributed by atoms with Gasteiger partial charge in [0.2, 0.25) is 10.0 Å². The molecule has 0 aromatic carbocycles. The van der Waals surface area contributed by atoms with Crippen LogP contribution in [0.2, 0.25) is 0 Å². The molecule has 0 unspecified atom stereocenters. The molecule has 0 saturated carbocycles. The fraction of sp³-hybridized carbons (Fsp3) is 0.364. The number of H-pyrrole nitrogens is 1. The van der Waals surface area contributed by atoms with Crippen LogP contribution in [0.1, 0.15) is 16.1 Å². The Morgan fingerprint density at radius 1 is 1.44 bits per heavy atom. The number of aryl methyl sites for hydroxylation is 2. The number of sulfonamides is 1. The van der Waals surface area contributed by atoms with Crippen LogP contribution in [0, 0.1) is 13.8 Å². The number of aromatic amines is 1. The second-order valence-corrected chi connectivity index (χ2v) is 7.16. The van der Waals surface area contributed by atoms with Crippen LogP contribution in [0.4, 0.5) is 0 Å². The third-order valence-corrected chi connectivity index (χ3v) is 5.73. The molecule has 2 aromatic heterocycles. The smallest absolute Gasteiger partial charge is 0.246 e.